The van der Waals surface area contributed by atoms with Crippen molar-refractivity contribution in [1.29, 1.82) is 0 Å². The summed E-state index contributed by atoms with van der Waals surface area (Å²) >= 11 is 0. The van der Waals surface area contributed by atoms with Gasteiger partial charge in [-0.05, 0) is 70.6 Å². The summed E-state index contributed by atoms with van der Waals surface area (Å²) in [6.45, 7) is 5.75. The van der Waals surface area contributed by atoms with Gasteiger partial charge in [0.1, 0.15) is 40.9 Å². The van der Waals surface area contributed by atoms with E-state index < -0.39 is 5.60 Å². The second-order valence-electron chi connectivity index (χ2n) is 10.8. The quantitative estimate of drug-likeness (QED) is 0.638. The fourth-order valence-corrected chi connectivity index (χ4v) is 6.00. The Morgan fingerprint density at radius 1 is 1.21 bits per heavy atom. The summed E-state index contributed by atoms with van der Waals surface area (Å²) in [6.07, 6.45) is 7.76. The van der Waals surface area contributed by atoms with Gasteiger partial charge in [-0.15, -0.1) is 0 Å². The molecule has 180 valence electrons. The first kappa shape index (κ1) is 22.7. The summed E-state index contributed by atoms with van der Waals surface area (Å²) in [6, 6.07) is 1.77. The first-order valence-corrected chi connectivity index (χ1v) is 12.6. The molecule has 0 radical (unpaired) electrons. The maximum atomic E-state index is 13.9. The molecule has 6 nitrogen and oxygen atoms in total. The molecule has 3 aliphatic rings. The summed E-state index contributed by atoms with van der Waals surface area (Å²) in [5.41, 5.74) is 0.805. The molecule has 1 aliphatic heterocycles. The predicted molar refractivity (Wildman–Crippen MR) is 126 cm³/mol. The Labute approximate surface area is 194 Å². The van der Waals surface area contributed by atoms with Crippen LogP contribution in [0.2, 0.25) is 0 Å². The number of aliphatic hydroxyl groups excluding tert-OH is 1. The number of ether oxygens (including phenoxy) is 2. The largest absolute Gasteiger partial charge is 0.489 e. The predicted octanol–water partition coefficient (Wildman–Crippen LogP) is 4.97. The van der Waals surface area contributed by atoms with Crippen LogP contribution in [0.4, 0.5) is 0 Å². The van der Waals surface area contributed by atoms with Gasteiger partial charge in [0.05, 0.1) is 11.7 Å². The van der Waals surface area contributed by atoms with E-state index in [1.807, 2.05) is 6.92 Å². The molecule has 0 amide bonds. The fourth-order valence-electron chi connectivity index (χ4n) is 6.00. The molecule has 5 rings (SSSR count). The minimum atomic E-state index is -0.936. The van der Waals surface area contributed by atoms with Crippen LogP contribution in [-0.4, -0.2) is 28.0 Å². The highest BCUT2D eigenvalue weighted by molar-refractivity contribution is 5.89. The number of hydrogen-bond donors (Lipinski definition) is 2. The van der Waals surface area contributed by atoms with Crippen molar-refractivity contribution in [2.75, 3.05) is 0 Å². The third kappa shape index (κ3) is 3.95. The van der Waals surface area contributed by atoms with Gasteiger partial charge in [-0.1, -0.05) is 13.8 Å². The molecule has 2 fully saturated rings. The van der Waals surface area contributed by atoms with Crippen molar-refractivity contribution in [2.45, 2.75) is 109 Å². The van der Waals surface area contributed by atoms with E-state index >= 15 is 0 Å². The topological polar surface area (TPSA) is 89.1 Å². The minimum Gasteiger partial charge on any atom is -0.489 e. The van der Waals surface area contributed by atoms with E-state index in [9.17, 15) is 15.0 Å². The molecule has 2 aromatic rings. The zero-order valence-electron chi connectivity index (χ0n) is 20.0. The van der Waals surface area contributed by atoms with Gasteiger partial charge in [0.15, 0.2) is 5.43 Å². The summed E-state index contributed by atoms with van der Waals surface area (Å²) < 4.78 is 19.0. The Morgan fingerprint density at radius 3 is 2.67 bits per heavy atom. The number of rotatable bonds is 6. The van der Waals surface area contributed by atoms with Crippen LogP contribution < -0.4 is 14.9 Å². The van der Waals surface area contributed by atoms with Crippen LogP contribution >= 0.6 is 0 Å². The molecule has 0 unspecified atom stereocenters. The first-order chi connectivity index (χ1) is 15.8. The molecule has 2 heterocycles. The normalized spacial score (nSPS) is 27.1. The van der Waals surface area contributed by atoms with Crippen molar-refractivity contribution in [2.24, 2.45) is 5.92 Å². The van der Waals surface area contributed by atoms with E-state index in [1.54, 1.807) is 6.07 Å². The molecular weight excluding hydrogens is 420 g/mol. The van der Waals surface area contributed by atoms with Crippen molar-refractivity contribution < 1.29 is 24.1 Å². The van der Waals surface area contributed by atoms with Crippen LogP contribution in [0.1, 0.15) is 94.9 Å². The minimum absolute atomic E-state index is 0.0133. The lowest BCUT2D eigenvalue weighted by Crippen LogP contribution is -2.47. The molecule has 6 heteroatoms. The van der Waals surface area contributed by atoms with E-state index in [0.717, 1.165) is 50.5 Å². The Bertz CT molecular complexity index is 1090. The monoisotopic (exact) mass is 456 g/mol. The zero-order valence-corrected chi connectivity index (χ0v) is 20.0. The van der Waals surface area contributed by atoms with Gasteiger partial charge >= 0.3 is 0 Å². The van der Waals surface area contributed by atoms with Crippen LogP contribution in [0.3, 0.4) is 0 Å². The van der Waals surface area contributed by atoms with Crippen molar-refractivity contribution in [3.8, 4) is 11.5 Å². The van der Waals surface area contributed by atoms with Crippen LogP contribution in [0, 0.1) is 5.92 Å². The van der Waals surface area contributed by atoms with Crippen molar-refractivity contribution in [1.82, 2.24) is 0 Å². The van der Waals surface area contributed by atoms with E-state index in [1.165, 1.54) is 0 Å². The summed E-state index contributed by atoms with van der Waals surface area (Å²) in [4.78, 5) is 13.9. The Balaban J connectivity index is 1.72. The molecule has 2 N–H and O–H groups in total. The van der Waals surface area contributed by atoms with Crippen molar-refractivity contribution in [3.05, 3.63) is 33.2 Å². The molecule has 2 saturated carbocycles. The SMILES string of the molecule is CC(C)CCc1c(CO)oc2cc3c(c(OC4CCCC4)c2c1=O)[C@H]1CCC[C@@](C)(O)[C@H]1O3. The molecule has 1 aromatic carbocycles. The van der Waals surface area contributed by atoms with Crippen molar-refractivity contribution >= 4 is 11.0 Å². The lowest BCUT2D eigenvalue weighted by Gasteiger charge is -2.37. The molecule has 0 bridgehead atoms. The van der Waals surface area contributed by atoms with Crippen LogP contribution in [0.5, 0.6) is 11.5 Å². The Kier molecular flexibility index (Phi) is 5.94. The average Bonchev–Trinajstić information content (AvgIpc) is 3.40. The first-order valence-electron chi connectivity index (χ1n) is 12.6. The van der Waals surface area contributed by atoms with Crippen molar-refractivity contribution in [3.63, 3.8) is 0 Å². The van der Waals surface area contributed by atoms with E-state index in [2.05, 4.69) is 13.8 Å². The second-order valence-corrected chi connectivity index (χ2v) is 10.8. The highest BCUT2D eigenvalue weighted by Gasteiger charge is 2.50. The number of benzene rings is 1. The van der Waals surface area contributed by atoms with Crippen LogP contribution in [0.25, 0.3) is 11.0 Å². The number of hydrogen-bond acceptors (Lipinski definition) is 6. The molecular formula is C27H36O6. The van der Waals surface area contributed by atoms with Crippen LogP contribution in [-0.2, 0) is 13.0 Å². The summed E-state index contributed by atoms with van der Waals surface area (Å²) in [5.74, 6) is 1.96. The van der Waals surface area contributed by atoms with Gasteiger partial charge in [0, 0.05) is 23.1 Å². The summed E-state index contributed by atoms with van der Waals surface area (Å²) in [5, 5.41) is 21.5. The third-order valence-electron chi connectivity index (χ3n) is 7.82. The van der Waals surface area contributed by atoms with Gasteiger partial charge in [-0.2, -0.15) is 0 Å². The average molecular weight is 457 g/mol. The maximum absolute atomic E-state index is 13.9. The molecule has 2 aliphatic carbocycles. The van der Waals surface area contributed by atoms with Gasteiger partial charge in [0.25, 0.3) is 0 Å². The smallest absolute Gasteiger partial charge is 0.200 e. The number of fused-ring (bicyclic) bond motifs is 4. The van der Waals surface area contributed by atoms with Gasteiger partial charge in [0.2, 0.25) is 0 Å². The lowest BCUT2D eigenvalue weighted by atomic mass is 9.74. The van der Waals surface area contributed by atoms with Gasteiger partial charge in [-0.3, -0.25) is 4.79 Å². The Hall–Kier alpha value is -2.05. The Morgan fingerprint density at radius 2 is 1.97 bits per heavy atom. The molecule has 3 atom stereocenters. The molecule has 33 heavy (non-hydrogen) atoms. The van der Waals surface area contributed by atoms with E-state index in [-0.39, 0.29) is 30.2 Å². The third-order valence-corrected chi connectivity index (χ3v) is 7.82. The zero-order chi connectivity index (χ0) is 23.3. The van der Waals surface area contributed by atoms with Gasteiger partial charge in [-0.25, -0.2) is 0 Å². The molecule has 0 saturated heterocycles. The highest BCUT2D eigenvalue weighted by atomic mass is 16.5. The molecule has 1 aromatic heterocycles. The van der Waals surface area contributed by atoms with Gasteiger partial charge < -0.3 is 24.1 Å². The van der Waals surface area contributed by atoms with E-state index in [0.29, 0.717) is 52.6 Å². The second kappa shape index (κ2) is 8.62. The maximum Gasteiger partial charge on any atom is 0.200 e. The number of aliphatic hydroxyl groups is 2. The van der Waals surface area contributed by atoms with E-state index in [4.69, 9.17) is 13.9 Å². The fraction of sp³-hybridized carbons (Fsp3) is 0.667. The lowest BCUT2D eigenvalue weighted by molar-refractivity contribution is -0.0725. The standard InChI is InChI=1S/C27H36O6/c1-15(2)10-11-17-21(14-28)32-20-13-19-22(18-9-6-12-27(3,30)26(18)33-19)25(23(20)24(17)29)31-16-7-4-5-8-16/h13,15-16,18,26,28,30H,4-12,14H2,1-3H3/t18-,26+,27-/m1/s1. The summed E-state index contributed by atoms with van der Waals surface area (Å²) in [7, 11) is 0. The van der Waals surface area contributed by atoms with Crippen LogP contribution in [0.15, 0.2) is 15.3 Å². The highest BCUT2D eigenvalue weighted by Crippen LogP contribution is 2.54. The molecule has 0 spiro atoms.